The van der Waals surface area contributed by atoms with Crippen molar-refractivity contribution in [1.82, 2.24) is 9.97 Å². The van der Waals surface area contributed by atoms with Gasteiger partial charge in [-0.25, -0.2) is 0 Å². The second-order valence-electron chi connectivity index (χ2n) is 5.64. The minimum absolute atomic E-state index is 0.140. The number of aromatic nitrogens is 2. The van der Waals surface area contributed by atoms with Gasteiger partial charge in [0.2, 0.25) is 0 Å². The van der Waals surface area contributed by atoms with Crippen LogP contribution in [0.4, 0.5) is 0 Å². The minimum Gasteiger partial charge on any atom is -0.354 e. The zero-order valence-electron chi connectivity index (χ0n) is 12.5. The highest BCUT2D eigenvalue weighted by Crippen LogP contribution is 2.26. The van der Waals surface area contributed by atoms with Gasteiger partial charge < -0.3 is 9.97 Å². The largest absolute Gasteiger partial charge is 0.354 e. The van der Waals surface area contributed by atoms with Crippen LogP contribution in [0.3, 0.4) is 0 Å². The number of halogens is 1. The van der Waals surface area contributed by atoms with Crippen molar-refractivity contribution in [2.45, 2.75) is 6.54 Å². The number of H-pyrrole nitrogens is 2. The van der Waals surface area contributed by atoms with Gasteiger partial charge in [-0.05, 0) is 48.0 Å². The molecule has 0 fully saturated rings. The molecule has 0 aliphatic rings. The van der Waals surface area contributed by atoms with Crippen LogP contribution in [0.1, 0.15) is 5.56 Å². The van der Waals surface area contributed by atoms with Crippen LogP contribution >= 0.6 is 15.9 Å². The Labute approximate surface area is 144 Å². The van der Waals surface area contributed by atoms with E-state index in [4.69, 9.17) is 0 Å². The Balaban J connectivity index is 1.89. The Morgan fingerprint density at radius 1 is 0.917 bits per heavy atom. The van der Waals surface area contributed by atoms with Crippen molar-refractivity contribution in [1.29, 1.82) is 0 Å². The summed E-state index contributed by atoms with van der Waals surface area (Å²) in [4.78, 5) is 29.0. The molecule has 2 aromatic carbocycles. The quantitative estimate of drug-likeness (QED) is 0.504. The first kappa shape index (κ1) is 14.8. The van der Waals surface area contributed by atoms with Crippen LogP contribution in [-0.2, 0) is 6.54 Å². The maximum atomic E-state index is 12.4. The lowest BCUT2D eigenvalue weighted by Crippen LogP contribution is -2.08. The van der Waals surface area contributed by atoms with E-state index < -0.39 is 0 Å². The van der Waals surface area contributed by atoms with E-state index in [1.54, 1.807) is 0 Å². The van der Waals surface area contributed by atoms with Crippen LogP contribution in [0.5, 0.6) is 0 Å². The summed E-state index contributed by atoms with van der Waals surface area (Å²) in [6.07, 6.45) is 0. The van der Waals surface area contributed by atoms with Crippen molar-refractivity contribution >= 4 is 37.7 Å². The van der Waals surface area contributed by atoms with Gasteiger partial charge in [0, 0.05) is 26.3 Å². The third-order valence-electron chi connectivity index (χ3n) is 4.03. The number of pyridine rings is 1. The van der Waals surface area contributed by atoms with Gasteiger partial charge in [-0.15, -0.1) is 0 Å². The molecule has 0 spiro atoms. The first-order valence-electron chi connectivity index (χ1n) is 7.38. The number of benzene rings is 2. The lowest BCUT2D eigenvalue weighted by Gasteiger charge is -2.02. The number of nitrogens with zero attached hydrogens (tertiary/aromatic N) is 1. The van der Waals surface area contributed by atoms with Crippen LogP contribution < -0.4 is 5.56 Å². The van der Waals surface area contributed by atoms with Crippen molar-refractivity contribution in [2.24, 2.45) is 5.18 Å². The maximum absolute atomic E-state index is 12.4. The molecule has 4 rings (SSSR count). The van der Waals surface area contributed by atoms with Gasteiger partial charge in [-0.3, -0.25) is 4.79 Å². The fourth-order valence-corrected chi connectivity index (χ4v) is 3.26. The number of hydrogen-bond acceptors (Lipinski definition) is 3. The fraction of sp³-hybridized carbons (Fsp3) is 0.0556. The maximum Gasteiger partial charge on any atom is 0.257 e. The standard InChI is InChI=1S/C18H12BrN3O2/c19-13-2-4-16-12(6-13)7-14(18(23)22-16)17-8-11-5-10(9-20-24)1-3-15(11)21-17/h1-8,21H,9H2,(H,22,23). The lowest BCUT2D eigenvalue weighted by molar-refractivity contribution is 1.06. The predicted octanol–water partition coefficient (Wildman–Crippen LogP) is 4.71. The van der Waals surface area contributed by atoms with E-state index in [-0.39, 0.29) is 12.1 Å². The van der Waals surface area contributed by atoms with E-state index in [2.05, 4.69) is 31.1 Å². The van der Waals surface area contributed by atoms with E-state index in [1.807, 2.05) is 48.5 Å². The number of aromatic amines is 2. The summed E-state index contributed by atoms with van der Waals surface area (Å²) < 4.78 is 0.954. The molecule has 2 aromatic heterocycles. The number of nitroso groups, excluding NO2 is 1. The zero-order chi connectivity index (χ0) is 16.7. The summed E-state index contributed by atoms with van der Waals surface area (Å²) in [5.74, 6) is 0. The van der Waals surface area contributed by atoms with E-state index in [0.717, 1.165) is 37.5 Å². The average molecular weight is 382 g/mol. The molecule has 2 heterocycles. The Kier molecular flexibility index (Phi) is 3.54. The third-order valence-corrected chi connectivity index (χ3v) is 4.52. The molecule has 0 saturated heterocycles. The van der Waals surface area contributed by atoms with Crippen LogP contribution in [0.15, 0.2) is 63.0 Å². The number of hydrogen-bond donors (Lipinski definition) is 2. The normalized spacial score (nSPS) is 11.2. The van der Waals surface area contributed by atoms with Gasteiger partial charge in [-0.2, -0.15) is 4.91 Å². The van der Waals surface area contributed by atoms with Gasteiger partial charge in [0.15, 0.2) is 0 Å². The Morgan fingerprint density at radius 3 is 2.50 bits per heavy atom. The molecule has 4 aromatic rings. The molecule has 0 saturated carbocycles. The first-order valence-corrected chi connectivity index (χ1v) is 8.17. The van der Waals surface area contributed by atoms with Gasteiger partial charge in [0.1, 0.15) is 6.54 Å². The van der Waals surface area contributed by atoms with Crippen molar-refractivity contribution in [3.63, 3.8) is 0 Å². The molecule has 6 heteroatoms. The average Bonchev–Trinajstić information content (AvgIpc) is 2.98. The summed E-state index contributed by atoms with van der Waals surface area (Å²) in [6, 6.07) is 15.2. The van der Waals surface area contributed by atoms with Gasteiger partial charge >= 0.3 is 0 Å². The van der Waals surface area contributed by atoms with Crippen molar-refractivity contribution in [3.05, 3.63) is 73.8 Å². The van der Waals surface area contributed by atoms with Crippen molar-refractivity contribution < 1.29 is 0 Å². The molecule has 0 radical (unpaired) electrons. The highest BCUT2D eigenvalue weighted by atomic mass is 79.9. The molecular weight excluding hydrogens is 370 g/mol. The Bertz CT molecular complexity index is 1140. The minimum atomic E-state index is -0.147. The number of nitrogens with one attached hydrogen (secondary N) is 2. The molecule has 0 bridgehead atoms. The van der Waals surface area contributed by atoms with E-state index in [1.165, 1.54) is 0 Å². The second-order valence-corrected chi connectivity index (χ2v) is 6.55. The fourth-order valence-electron chi connectivity index (χ4n) is 2.88. The van der Waals surface area contributed by atoms with Crippen molar-refractivity contribution in [3.8, 4) is 11.3 Å². The summed E-state index contributed by atoms with van der Waals surface area (Å²) in [6.45, 7) is 0.140. The first-order chi connectivity index (χ1) is 11.6. The number of fused-ring (bicyclic) bond motifs is 2. The van der Waals surface area contributed by atoms with Crippen molar-refractivity contribution in [2.75, 3.05) is 0 Å². The topological polar surface area (TPSA) is 78.1 Å². The van der Waals surface area contributed by atoms with Crippen LogP contribution in [0.2, 0.25) is 0 Å². The van der Waals surface area contributed by atoms with Crippen LogP contribution in [0, 0.1) is 4.91 Å². The third kappa shape index (κ3) is 2.55. The monoisotopic (exact) mass is 381 g/mol. The molecule has 0 unspecified atom stereocenters. The molecule has 0 aliphatic carbocycles. The van der Waals surface area contributed by atoms with Crippen LogP contribution in [-0.4, -0.2) is 9.97 Å². The van der Waals surface area contributed by atoms with Crippen LogP contribution in [0.25, 0.3) is 33.1 Å². The molecule has 0 aliphatic heterocycles. The number of rotatable bonds is 3. The van der Waals surface area contributed by atoms with E-state index >= 15 is 0 Å². The summed E-state index contributed by atoms with van der Waals surface area (Å²) >= 11 is 3.45. The van der Waals surface area contributed by atoms with Gasteiger partial charge in [-0.1, -0.05) is 27.2 Å². The smallest absolute Gasteiger partial charge is 0.257 e. The Hall–Kier alpha value is -2.73. The molecule has 24 heavy (non-hydrogen) atoms. The molecule has 118 valence electrons. The summed E-state index contributed by atoms with van der Waals surface area (Å²) in [5.41, 5.74) is 3.72. The molecule has 2 N–H and O–H groups in total. The van der Waals surface area contributed by atoms with Gasteiger partial charge in [0.25, 0.3) is 5.56 Å². The Morgan fingerprint density at radius 2 is 1.67 bits per heavy atom. The summed E-state index contributed by atoms with van der Waals surface area (Å²) in [5, 5.41) is 4.81. The highest BCUT2D eigenvalue weighted by molar-refractivity contribution is 9.10. The second kappa shape index (κ2) is 5.72. The zero-order valence-corrected chi connectivity index (χ0v) is 14.1. The van der Waals surface area contributed by atoms with E-state index in [0.29, 0.717) is 5.56 Å². The predicted molar refractivity (Wildman–Crippen MR) is 99.1 cm³/mol. The molecule has 5 nitrogen and oxygen atoms in total. The molecule has 0 amide bonds. The molecule has 0 atom stereocenters. The van der Waals surface area contributed by atoms with Gasteiger partial charge in [0.05, 0.1) is 11.3 Å². The van der Waals surface area contributed by atoms with E-state index in [9.17, 15) is 9.70 Å². The highest BCUT2D eigenvalue weighted by Gasteiger charge is 2.10. The summed E-state index contributed by atoms with van der Waals surface area (Å²) in [7, 11) is 0. The lowest BCUT2D eigenvalue weighted by atomic mass is 10.1. The molecular formula is C18H12BrN3O2. The SMILES string of the molecule is O=NCc1ccc2[nH]c(-c3cc4cc(Br)ccc4[nH]c3=O)cc2c1.